The minimum absolute atomic E-state index is 0.159. The molecule has 2 heterocycles. The molecule has 1 unspecified atom stereocenters. The number of carbonyl (C=O) groups excluding carboxylic acids is 1. The second kappa shape index (κ2) is 7.11. The fourth-order valence-corrected chi connectivity index (χ4v) is 2.74. The normalized spacial score (nSPS) is 12.3. The fourth-order valence-electron chi connectivity index (χ4n) is 2.00. The lowest BCUT2D eigenvalue weighted by molar-refractivity contribution is 0.0924. The molecule has 2 rings (SSSR count). The molecule has 0 saturated heterocycles. The zero-order chi connectivity index (χ0) is 13.5. The highest BCUT2D eigenvalue weighted by Gasteiger charge is 2.13. The highest BCUT2D eigenvalue weighted by Crippen LogP contribution is 2.24. The van der Waals surface area contributed by atoms with E-state index in [9.17, 15) is 4.79 Å². The van der Waals surface area contributed by atoms with E-state index >= 15 is 0 Å². The number of carbonyl (C=O) groups is 1. The van der Waals surface area contributed by atoms with Crippen LogP contribution in [-0.2, 0) is 0 Å². The van der Waals surface area contributed by atoms with Crippen molar-refractivity contribution >= 4 is 17.2 Å². The van der Waals surface area contributed by atoms with Gasteiger partial charge >= 0.3 is 0 Å². The van der Waals surface area contributed by atoms with Crippen molar-refractivity contribution in [3.05, 3.63) is 46.5 Å². The van der Waals surface area contributed by atoms with Gasteiger partial charge in [0.2, 0.25) is 0 Å². The van der Waals surface area contributed by atoms with E-state index in [4.69, 9.17) is 9.52 Å². The summed E-state index contributed by atoms with van der Waals surface area (Å²) in [6.07, 6.45) is 3.01. The maximum absolute atomic E-state index is 11.7. The van der Waals surface area contributed by atoms with Crippen LogP contribution in [0.25, 0.3) is 0 Å². The number of amides is 1. The topological polar surface area (TPSA) is 62.5 Å². The molecular weight excluding hydrogens is 262 g/mol. The highest BCUT2D eigenvalue weighted by atomic mass is 32.1. The predicted octanol–water partition coefficient (Wildman–Crippen LogP) is 2.63. The van der Waals surface area contributed by atoms with E-state index in [-0.39, 0.29) is 18.4 Å². The zero-order valence-electron chi connectivity index (χ0n) is 10.5. The van der Waals surface area contributed by atoms with Crippen LogP contribution in [0.4, 0.5) is 0 Å². The minimum atomic E-state index is -0.196. The average Bonchev–Trinajstić information content (AvgIpc) is 3.10. The molecule has 0 aromatic carbocycles. The van der Waals surface area contributed by atoms with E-state index in [2.05, 4.69) is 16.8 Å². The van der Waals surface area contributed by atoms with E-state index in [1.807, 2.05) is 5.38 Å². The molecule has 0 spiro atoms. The van der Waals surface area contributed by atoms with Crippen LogP contribution in [0.5, 0.6) is 0 Å². The number of aliphatic hydroxyl groups is 1. The molecule has 102 valence electrons. The molecule has 0 aliphatic carbocycles. The van der Waals surface area contributed by atoms with Crippen LogP contribution in [0.15, 0.2) is 39.6 Å². The summed E-state index contributed by atoms with van der Waals surface area (Å²) < 4.78 is 5.02. The van der Waals surface area contributed by atoms with Gasteiger partial charge in [-0.2, -0.15) is 11.3 Å². The first-order valence-electron chi connectivity index (χ1n) is 6.26. The summed E-state index contributed by atoms with van der Waals surface area (Å²) in [6, 6.07) is 5.40. The summed E-state index contributed by atoms with van der Waals surface area (Å²) in [7, 11) is 0. The number of hydrogen-bond acceptors (Lipinski definition) is 4. The lowest BCUT2D eigenvalue weighted by atomic mass is 9.95. The molecule has 1 atom stereocenters. The summed E-state index contributed by atoms with van der Waals surface area (Å²) in [6.45, 7) is 0.729. The van der Waals surface area contributed by atoms with Crippen molar-refractivity contribution in [2.45, 2.75) is 18.8 Å². The second-order valence-corrected chi connectivity index (χ2v) is 5.07. The van der Waals surface area contributed by atoms with Gasteiger partial charge in [0.15, 0.2) is 5.76 Å². The van der Waals surface area contributed by atoms with Gasteiger partial charge in [-0.1, -0.05) is 0 Å². The van der Waals surface area contributed by atoms with Crippen molar-refractivity contribution in [3.8, 4) is 0 Å². The van der Waals surface area contributed by atoms with Crippen LogP contribution in [0.2, 0.25) is 0 Å². The summed E-state index contributed by atoms with van der Waals surface area (Å²) in [5, 5.41) is 16.0. The van der Waals surface area contributed by atoms with E-state index in [1.165, 1.54) is 11.8 Å². The molecule has 0 bridgehead atoms. The van der Waals surface area contributed by atoms with E-state index in [1.54, 1.807) is 23.5 Å². The van der Waals surface area contributed by atoms with Crippen LogP contribution in [0, 0.1) is 0 Å². The first kappa shape index (κ1) is 13.8. The van der Waals surface area contributed by atoms with E-state index in [0.29, 0.717) is 18.7 Å². The molecule has 4 nitrogen and oxygen atoms in total. The number of aliphatic hydroxyl groups excluding tert-OH is 1. The Hall–Kier alpha value is -1.59. The largest absolute Gasteiger partial charge is 0.459 e. The van der Waals surface area contributed by atoms with Crippen LogP contribution in [0.3, 0.4) is 0 Å². The van der Waals surface area contributed by atoms with Crippen molar-refractivity contribution in [2.75, 3.05) is 13.2 Å². The van der Waals surface area contributed by atoms with Gasteiger partial charge in [-0.25, -0.2) is 0 Å². The third-order valence-corrected chi connectivity index (χ3v) is 3.72. The summed E-state index contributed by atoms with van der Waals surface area (Å²) >= 11 is 1.65. The quantitative estimate of drug-likeness (QED) is 0.819. The highest BCUT2D eigenvalue weighted by molar-refractivity contribution is 7.07. The third-order valence-electron chi connectivity index (χ3n) is 3.02. The Morgan fingerprint density at radius 2 is 2.32 bits per heavy atom. The van der Waals surface area contributed by atoms with Crippen molar-refractivity contribution < 1.29 is 14.3 Å². The van der Waals surface area contributed by atoms with Crippen molar-refractivity contribution in [3.63, 3.8) is 0 Å². The van der Waals surface area contributed by atoms with Crippen LogP contribution in [0.1, 0.15) is 34.9 Å². The Bertz CT molecular complexity index is 479. The van der Waals surface area contributed by atoms with Crippen LogP contribution in [-0.4, -0.2) is 24.2 Å². The van der Waals surface area contributed by atoms with Gasteiger partial charge in [-0.3, -0.25) is 4.79 Å². The summed E-state index contributed by atoms with van der Waals surface area (Å²) in [5.41, 5.74) is 1.23. The molecule has 0 radical (unpaired) electrons. The van der Waals surface area contributed by atoms with Gasteiger partial charge < -0.3 is 14.8 Å². The SMILES string of the molecule is O=C(NCCC(CCO)c1ccsc1)c1ccco1. The molecule has 2 N–H and O–H groups in total. The lowest BCUT2D eigenvalue weighted by Gasteiger charge is -2.14. The fraction of sp³-hybridized carbons (Fsp3) is 0.357. The lowest BCUT2D eigenvalue weighted by Crippen LogP contribution is -2.25. The molecule has 2 aromatic rings. The minimum Gasteiger partial charge on any atom is -0.459 e. The molecule has 19 heavy (non-hydrogen) atoms. The molecular formula is C14H17NO3S. The summed E-state index contributed by atoms with van der Waals surface area (Å²) in [5.74, 6) is 0.417. The Labute approximate surface area is 116 Å². The third kappa shape index (κ3) is 3.94. The Morgan fingerprint density at radius 3 is 2.95 bits per heavy atom. The number of hydrogen-bond donors (Lipinski definition) is 2. The molecule has 0 aliphatic heterocycles. The number of nitrogens with one attached hydrogen (secondary N) is 1. The van der Waals surface area contributed by atoms with Crippen LogP contribution < -0.4 is 5.32 Å². The Kier molecular flexibility index (Phi) is 5.18. The standard InChI is InChI=1S/C14H17NO3S/c16-7-4-11(12-5-9-19-10-12)3-6-15-14(17)13-2-1-8-18-13/h1-2,5,8-11,16H,3-4,6-7H2,(H,15,17). The van der Waals surface area contributed by atoms with Gasteiger partial charge in [0.05, 0.1) is 6.26 Å². The Morgan fingerprint density at radius 1 is 1.42 bits per heavy atom. The zero-order valence-corrected chi connectivity index (χ0v) is 11.4. The molecule has 5 heteroatoms. The van der Waals surface area contributed by atoms with Crippen molar-refractivity contribution in [1.82, 2.24) is 5.32 Å². The monoisotopic (exact) mass is 279 g/mol. The second-order valence-electron chi connectivity index (χ2n) is 4.29. The average molecular weight is 279 g/mol. The molecule has 0 saturated carbocycles. The molecule has 2 aromatic heterocycles. The first-order valence-corrected chi connectivity index (χ1v) is 7.20. The van der Waals surface area contributed by atoms with Crippen molar-refractivity contribution in [2.24, 2.45) is 0 Å². The number of rotatable bonds is 7. The van der Waals surface area contributed by atoms with Crippen LogP contribution >= 0.6 is 11.3 Å². The van der Waals surface area contributed by atoms with Gasteiger partial charge in [0, 0.05) is 13.2 Å². The molecule has 0 fully saturated rings. The number of thiophene rings is 1. The summed E-state index contributed by atoms with van der Waals surface area (Å²) in [4.78, 5) is 11.7. The van der Waals surface area contributed by atoms with Gasteiger partial charge in [0.25, 0.3) is 5.91 Å². The molecule has 0 aliphatic rings. The maximum Gasteiger partial charge on any atom is 0.286 e. The Balaban J connectivity index is 1.81. The first-order chi connectivity index (χ1) is 9.31. The smallest absolute Gasteiger partial charge is 0.286 e. The van der Waals surface area contributed by atoms with Gasteiger partial charge in [-0.05, 0) is 53.3 Å². The maximum atomic E-state index is 11.7. The van der Waals surface area contributed by atoms with E-state index in [0.717, 1.165) is 6.42 Å². The number of furan rings is 1. The predicted molar refractivity (Wildman–Crippen MR) is 74.4 cm³/mol. The van der Waals surface area contributed by atoms with Gasteiger partial charge in [0.1, 0.15) is 0 Å². The van der Waals surface area contributed by atoms with Crippen molar-refractivity contribution in [1.29, 1.82) is 0 Å². The molecule has 1 amide bonds. The van der Waals surface area contributed by atoms with Gasteiger partial charge in [-0.15, -0.1) is 0 Å². The van der Waals surface area contributed by atoms with E-state index < -0.39 is 0 Å².